The van der Waals surface area contributed by atoms with E-state index in [1.54, 1.807) is 31.2 Å². The van der Waals surface area contributed by atoms with E-state index >= 15 is 0 Å². The van der Waals surface area contributed by atoms with Crippen molar-refractivity contribution >= 4 is 27.3 Å². The molecule has 2 N–H and O–H groups in total. The Hall–Kier alpha value is -2.34. The lowest BCUT2D eigenvalue weighted by molar-refractivity contribution is 0.102. The van der Waals surface area contributed by atoms with Crippen LogP contribution in [0.2, 0.25) is 0 Å². The molecule has 0 aliphatic heterocycles. The predicted octanol–water partition coefficient (Wildman–Crippen LogP) is 4.75. The molecule has 0 unspecified atom stereocenters. The van der Waals surface area contributed by atoms with Crippen LogP contribution in [-0.2, 0) is 10.0 Å². The summed E-state index contributed by atoms with van der Waals surface area (Å²) < 4.78 is 25.6. The average molecular weight is 387 g/mol. The van der Waals surface area contributed by atoms with Gasteiger partial charge in [-0.25, -0.2) is 8.42 Å². The Morgan fingerprint density at radius 3 is 2.11 bits per heavy atom. The molecule has 27 heavy (non-hydrogen) atoms. The third kappa shape index (κ3) is 5.32. The largest absolute Gasteiger partial charge is 0.322 e. The zero-order valence-electron chi connectivity index (χ0n) is 15.6. The molecule has 0 atom stereocenters. The Morgan fingerprint density at radius 2 is 1.52 bits per heavy atom. The zero-order chi connectivity index (χ0) is 19.3. The highest BCUT2D eigenvalue weighted by molar-refractivity contribution is 7.92. The van der Waals surface area contributed by atoms with Gasteiger partial charge in [-0.05, 0) is 67.6 Å². The van der Waals surface area contributed by atoms with Crippen LogP contribution in [0.4, 0.5) is 11.4 Å². The van der Waals surface area contributed by atoms with E-state index in [1.165, 1.54) is 37.7 Å². The number of amides is 1. The molecule has 0 heterocycles. The van der Waals surface area contributed by atoms with Crippen molar-refractivity contribution < 1.29 is 13.2 Å². The minimum atomic E-state index is -3.30. The molecular weight excluding hydrogens is 360 g/mol. The summed E-state index contributed by atoms with van der Waals surface area (Å²) in [5.41, 5.74) is 3.03. The van der Waals surface area contributed by atoms with E-state index in [9.17, 15) is 13.2 Å². The van der Waals surface area contributed by atoms with Gasteiger partial charge in [-0.3, -0.25) is 9.52 Å². The van der Waals surface area contributed by atoms with Crippen LogP contribution in [0.15, 0.2) is 48.5 Å². The van der Waals surface area contributed by atoms with E-state index in [0.717, 1.165) is 0 Å². The maximum Gasteiger partial charge on any atom is 0.255 e. The van der Waals surface area contributed by atoms with Gasteiger partial charge in [-0.2, -0.15) is 0 Å². The monoisotopic (exact) mass is 386 g/mol. The van der Waals surface area contributed by atoms with E-state index < -0.39 is 10.0 Å². The predicted molar refractivity (Wildman–Crippen MR) is 110 cm³/mol. The summed E-state index contributed by atoms with van der Waals surface area (Å²) in [5, 5.41) is 2.85. The summed E-state index contributed by atoms with van der Waals surface area (Å²) in [5.74, 6) is 0.463. The van der Waals surface area contributed by atoms with Crippen LogP contribution in [0.3, 0.4) is 0 Å². The molecule has 5 nitrogen and oxygen atoms in total. The second-order valence-corrected chi connectivity index (χ2v) is 9.00. The van der Waals surface area contributed by atoms with Crippen LogP contribution >= 0.6 is 0 Å². The number of hydrogen-bond donors (Lipinski definition) is 2. The minimum absolute atomic E-state index is 0.0162. The van der Waals surface area contributed by atoms with Crippen LogP contribution < -0.4 is 10.0 Å². The van der Waals surface area contributed by atoms with Gasteiger partial charge in [0.15, 0.2) is 0 Å². The number of hydrogen-bond acceptors (Lipinski definition) is 3. The van der Waals surface area contributed by atoms with Gasteiger partial charge in [-0.1, -0.05) is 31.4 Å². The van der Waals surface area contributed by atoms with Crippen LogP contribution in [-0.4, -0.2) is 20.1 Å². The van der Waals surface area contributed by atoms with Gasteiger partial charge < -0.3 is 5.32 Å². The van der Waals surface area contributed by atoms with E-state index in [0.29, 0.717) is 22.9 Å². The van der Waals surface area contributed by atoms with Crippen molar-refractivity contribution in [1.82, 2.24) is 0 Å². The molecule has 1 aliphatic carbocycles. The summed E-state index contributed by atoms with van der Waals surface area (Å²) in [6.45, 7) is 1.58. The third-order valence-electron chi connectivity index (χ3n) is 5.05. The number of nitrogens with one attached hydrogen (secondary N) is 2. The maximum absolute atomic E-state index is 12.4. The lowest BCUT2D eigenvalue weighted by Crippen LogP contribution is -2.15. The number of carbonyl (C=O) groups excluding carboxylic acids is 1. The van der Waals surface area contributed by atoms with Crippen LogP contribution in [0.1, 0.15) is 60.9 Å². The molecule has 0 saturated heterocycles. The second-order valence-electron chi connectivity index (χ2n) is 6.99. The summed E-state index contributed by atoms with van der Waals surface area (Å²) >= 11 is 0. The molecule has 2 aromatic carbocycles. The van der Waals surface area contributed by atoms with E-state index in [1.807, 2.05) is 12.1 Å². The van der Waals surface area contributed by atoms with Gasteiger partial charge in [0.2, 0.25) is 10.0 Å². The zero-order valence-corrected chi connectivity index (χ0v) is 16.4. The van der Waals surface area contributed by atoms with Crippen molar-refractivity contribution in [1.29, 1.82) is 0 Å². The Morgan fingerprint density at radius 1 is 0.926 bits per heavy atom. The molecule has 1 saturated carbocycles. The van der Waals surface area contributed by atoms with Crippen LogP contribution in [0.5, 0.6) is 0 Å². The number of benzene rings is 2. The highest BCUT2D eigenvalue weighted by Crippen LogP contribution is 2.32. The molecule has 6 heteroatoms. The standard InChI is InChI=1S/C21H26N2O3S/c1-2-27(25,26)23-20-14-12-19(13-15-20)22-21(24)18-10-8-17(9-11-18)16-6-4-3-5-7-16/h8-16,23H,2-7H2,1H3,(H,22,24). The Kier molecular flexibility index (Phi) is 6.16. The molecule has 2 aromatic rings. The molecule has 0 bridgehead atoms. The molecule has 144 valence electrons. The molecule has 1 amide bonds. The number of rotatable bonds is 6. The van der Waals surface area contributed by atoms with Crippen molar-refractivity contribution in [3.05, 3.63) is 59.7 Å². The first-order valence-corrected chi connectivity index (χ1v) is 11.1. The Labute approximate surface area is 161 Å². The average Bonchev–Trinajstić information content (AvgIpc) is 2.70. The Bertz CT molecular complexity index is 869. The van der Waals surface area contributed by atoms with Gasteiger partial charge >= 0.3 is 0 Å². The third-order valence-corrected chi connectivity index (χ3v) is 6.35. The summed E-state index contributed by atoms with van der Waals surface area (Å²) in [6.07, 6.45) is 6.38. The van der Waals surface area contributed by atoms with Crippen molar-refractivity contribution in [2.45, 2.75) is 44.9 Å². The second kappa shape index (κ2) is 8.57. The number of sulfonamides is 1. The van der Waals surface area contributed by atoms with Gasteiger partial charge in [0.05, 0.1) is 5.75 Å². The van der Waals surface area contributed by atoms with Gasteiger partial charge in [-0.15, -0.1) is 0 Å². The van der Waals surface area contributed by atoms with Crippen molar-refractivity contribution in [2.24, 2.45) is 0 Å². The SMILES string of the molecule is CCS(=O)(=O)Nc1ccc(NC(=O)c2ccc(C3CCCCC3)cc2)cc1. The highest BCUT2D eigenvalue weighted by Gasteiger charge is 2.16. The van der Waals surface area contributed by atoms with Gasteiger partial charge in [0.25, 0.3) is 5.91 Å². The fourth-order valence-electron chi connectivity index (χ4n) is 3.42. The minimum Gasteiger partial charge on any atom is -0.322 e. The van der Waals surface area contributed by atoms with Crippen LogP contribution in [0, 0.1) is 0 Å². The van der Waals surface area contributed by atoms with Crippen molar-refractivity contribution in [2.75, 3.05) is 15.8 Å². The van der Waals surface area contributed by atoms with E-state index in [4.69, 9.17) is 0 Å². The molecule has 1 aliphatic rings. The summed E-state index contributed by atoms with van der Waals surface area (Å²) in [7, 11) is -3.30. The van der Waals surface area contributed by atoms with E-state index in [2.05, 4.69) is 22.2 Å². The molecule has 0 aromatic heterocycles. The quantitative estimate of drug-likeness (QED) is 0.752. The lowest BCUT2D eigenvalue weighted by atomic mass is 9.84. The van der Waals surface area contributed by atoms with Gasteiger partial charge in [0, 0.05) is 16.9 Å². The Balaban J connectivity index is 1.61. The number of anilines is 2. The summed E-state index contributed by atoms with van der Waals surface area (Å²) in [4.78, 5) is 12.4. The summed E-state index contributed by atoms with van der Waals surface area (Å²) in [6, 6.07) is 14.5. The van der Waals surface area contributed by atoms with Crippen molar-refractivity contribution in [3.63, 3.8) is 0 Å². The fraction of sp³-hybridized carbons (Fsp3) is 0.381. The van der Waals surface area contributed by atoms with Gasteiger partial charge in [0.1, 0.15) is 0 Å². The van der Waals surface area contributed by atoms with E-state index in [-0.39, 0.29) is 11.7 Å². The molecule has 1 fully saturated rings. The fourth-order valence-corrected chi connectivity index (χ4v) is 4.06. The smallest absolute Gasteiger partial charge is 0.255 e. The maximum atomic E-state index is 12.4. The molecule has 0 spiro atoms. The topological polar surface area (TPSA) is 75.3 Å². The first-order chi connectivity index (χ1) is 13.0. The normalized spacial score (nSPS) is 15.3. The molecular formula is C21H26N2O3S. The first-order valence-electron chi connectivity index (χ1n) is 9.49. The lowest BCUT2D eigenvalue weighted by Gasteiger charge is -2.22. The molecule has 0 radical (unpaired) electrons. The first kappa shape index (κ1) is 19.4. The molecule has 3 rings (SSSR count). The number of carbonyl (C=O) groups is 1. The highest BCUT2D eigenvalue weighted by atomic mass is 32.2. The van der Waals surface area contributed by atoms with Crippen LogP contribution in [0.25, 0.3) is 0 Å². The van der Waals surface area contributed by atoms with Crippen molar-refractivity contribution in [3.8, 4) is 0 Å².